The minimum atomic E-state index is -1.52. The number of hydrogen-bond donors (Lipinski definition) is 7. The molecule has 11 heteroatoms. The van der Waals surface area contributed by atoms with Crippen molar-refractivity contribution in [3.8, 4) is 40.1 Å². The first-order valence-corrected chi connectivity index (χ1v) is 9.05. The summed E-state index contributed by atoms with van der Waals surface area (Å²) in [5.74, 6) is -2.76. The van der Waals surface area contributed by atoms with Crippen molar-refractivity contribution in [3.05, 3.63) is 40.6 Å². The highest BCUT2D eigenvalue weighted by atomic mass is 16.7. The number of fused-ring (bicyclic) bond motifs is 1. The maximum atomic E-state index is 12.5. The summed E-state index contributed by atoms with van der Waals surface area (Å²) in [5.41, 5.74) is -1.08. The van der Waals surface area contributed by atoms with Crippen LogP contribution in [0.3, 0.4) is 0 Å². The molecule has 0 unspecified atom stereocenters. The van der Waals surface area contributed by atoms with Gasteiger partial charge in [-0.05, 0) is 18.2 Å². The monoisotopic (exact) mass is 434 g/mol. The fourth-order valence-corrected chi connectivity index (χ4v) is 3.31. The summed E-state index contributed by atoms with van der Waals surface area (Å²) in [5, 5.41) is 68.6. The molecule has 0 aliphatic carbocycles. The third-order valence-electron chi connectivity index (χ3n) is 4.90. The highest BCUT2D eigenvalue weighted by molar-refractivity contribution is 5.88. The van der Waals surface area contributed by atoms with Crippen molar-refractivity contribution in [3.63, 3.8) is 0 Å². The number of aromatic hydroxyl groups is 4. The minimum absolute atomic E-state index is 0.0684. The highest BCUT2D eigenvalue weighted by Gasteiger charge is 2.44. The lowest BCUT2D eigenvalue weighted by Crippen LogP contribution is -2.35. The van der Waals surface area contributed by atoms with Gasteiger partial charge < -0.3 is 49.6 Å². The molecule has 7 N–H and O–H groups in total. The van der Waals surface area contributed by atoms with Gasteiger partial charge in [0.1, 0.15) is 40.8 Å². The Morgan fingerprint density at radius 1 is 0.968 bits per heavy atom. The number of aliphatic hydroxyl groups is 3. The van der Waals surface area contributed by atoms with Gasteiger partial charge in [0.2, 0.25) is 17.5 Å². The zero-order valence-electron chi connectivity index (χ0n) is 15.7. The number of hydrogen-bond acceptors (Lipinski definition) is 11. The average molecular weight is 434 g/mol. The normalized spacial score (nSPS) is 23.3. The van der Waals surface area contributed by atoms with Crippen LogP contribution in [0.25, 0.3) is 22.3 Å². The summed E-state index contributed by atoms with van der Waals surface area (Å²) >= 11 is 0. The van der Waals surface area contributed by atoms with Gasteiger partial charge in [-0.25, -0.2) is 0 Å². The molecule has 4 rings (SSSR count). The summed E-state index contributed by atoms with van der Waals surface area (Å²) in [4.78, 5) is 12.5. The van der Waals surface area contributed by atoms with Crippen LogP contribution in [0.4, 0.5) is 0 Å². The number of benzene rings is 2. The lowest BCUT2D eigenvalue weighted by atomic mass is 10.1. The molecule has 0 radical (unpaired) electrons. The summed E-state index contributed by atoms with van der Waals surface area (Å²) in [6.45, 7) is -0.570. The Morgan fingerprint density at radius 3 is 2.39 bits per heavy atom. The fraction of sp³-hybridized carbons (Fsp3) is 0.250. The maximum Gasteiger partial charge on any atom is 0.238 e. The van der Waals surface area contributed by atoms with Crippen LogP contribution in [0.5, 0.6) is 28.7 Å². The van der Waals surface area contributed by atoms with E-state index in [4.69, 9.17) is 19.0 Å². The molecular formula is C20H18O11. The number of aliphatic hydroxyl groups excluding tert-OH is 3. The molecule has 164 valence electrons. The number of phenols is 3. The standard InChI is InChI=1S/C20H18O11/c21-6-13-15(25)18(28)20(31-13)30-11-3-7(1-2-9(11)23)19-17(27)16(26)14-10(24)4-8(22)5-12(14)29-19/h1-5,13,15,18,20-25,27-28H,6H2/t13-,15-,18+,20+/m0/s1. The van der Waals surface area contributed by atoms with Gasteiger partial charge >= 0.3 is 0 Å². The third kappa shape index (κ3) is 3.49. The summed E-state index contributed by atoms with van der Waals surface area (Å²) in [6, 6.07) is 5.64. The zero-order valence-corrected chi connectivity index (χ0v) is 15.7. The molecule has 4 atom stereocenters. The number of phenolic OH excluding ortho intramolecular Hbond substituents is 3. The Kier molecular flexibility index (Phi) is 5.11. The van der Waals surface area contributed by atoms with E-state index >= 15 is 0 Å². The van der Waals surface area contributed by atoms with Gasteiger partial charge in [0, 0.05) is 17.7 Å². The molecule has 31 heavy (non-hydrogen) atoms. The van der Waals surface area contributed by atoms with Crippen molar-refractivity contribution < 1.29 is 49.6 Å². The van der Waals surface area contributed by atoms with E-state index in [2.05, 4.69) is 0 Å². The second kappa shape index (κ2) is 7.63. The predicted octanol–water partition coefficient (Wildman–Crippen LogP) is 0.100. The topological polar surface area (TPSA) is 190 Å². The Hall–Kier alpha value is -3.51. The van der Waals surface area contributed by atoms with Crippen LogP contribution in [0, 0.1) is 0 Å². The van der Waals surface area contributed by atoms with Crippen molar-refractivity contribution in [1.82, 2.24) is 0 Å². The van der Waals surface area contributed by atoms with Crippen molar-refractivity contribution in [1.29, 1.82) is 0 Å². The summed E-state index contributed by atoms with van der Waals surface area (Å²) < 4.78 is 16.1. The van der Waals surface area contributed by atoms with Crippen LogP contribution >= 0.6 is 0 Å². The first-order chi connectivity index (χ1) is 14.7. The molecule has 1 aromatic heterocycles. The van der Waals surface area contributed by atoms with Gasteiger partial charge in [-0.15, -0.1) is 0 Å². The second-order valence-corrected chi connectivity index (χ2v) is 6.95. The maximum absolute atomic E-state index is 12.5. The quantitative estimate of drug-likeness (QED) is 0.295. The molecule has 2 aromatic carbocycles. The summed E-state index contributed by atoms with van der Waals surface area (Å²) in [6.07, 6.45) is -5.44. The zero-order chi connectivity index (χ0) is 22.4. The van der Waals surface area contributed by atoms with Gasteiger partial charge in [-0.1, -0.05) is 0 Å². The molecule has 0 amide bonds. The summed E-state index contributed by atoms with van der Waals surface area (Å²) in [7, 11) is 0. The van der Waals surface area contributed by atoms with Gasteiger partial charge in [0.25, 0.3) is 0 Å². The van der Waals surface area contributed by atoms with Crippen molar-refractivity contribution in [2.24, 2.45) is 0 Å². The lowest BCUT2D eigenvalue weighted by Gasteiger charge is -2.18. The van der Waals surface area contributed by atoms with Gasteiger partial charge in [-0.2, -0.15) is 0 Å². The Morgan fingerprint density at radius 2 is 1.71 bits per heavy atom. The molecular weight excluding hydrogens is 416 g/mol. The van der Waals surface area contributed by atoms with E-state index < -0.39 is 48.1 Å². The van der Waals surface area contributed by atoms with Crippen molar-refractivity contribution in [2.45, 2.75) is 24.6 Å². The van der Waals surface area contributed by atoms with Crippen LogP contribution in [0.1, 0.15) is 0 Å². The molecule has 2 heterocycles. The lowest BCUT2D eigenvalue weighted by molar-refractivity contribution is -0.117. The van der Waals surface area contributed by atoms with E-state index in [1.165, 1.54) is 12.1 Å². The molecule has 0 spiro atoms. The highest BCUT2D eigenvalue weighted by Crippen LogP contribution is 2.39. The van der Waals surface area contributed by atoms with Gasteiger partial charge in [0.05, 0.1) is 6.61 Å². The van der Waals surface area contributed by atoms with E-state index in [9.17, 15) is 35.4 Å². The largest absolute Gasteiger partial charge is 0.508 e. The average Bonchev–Trinajstić information content (AvgIpc) is 2.99. The molecule has 1 aliphatic heterocycles. The van der Waals surface area contributed by atoms with Gasteiger partial charge in [0.15, 0.2) is 17.3 Å². The van der Waals surface area contributed by atoms with Crippen molar-refractivity contribution >= 4 is 11.0 Å². The molecule has 1 fully saturated rings. The Labute approximate surface area is 173 Å². The molecule has 0 saturated carbocycles. The van der Waals surface area contributed by atoms with Crippen LogP contribution in [0.15, 0.2) is 39.5 Å². The number of rotatable bonds is 4. The smallest absolute Gasteiger partial charge is 0.238 e. The molecule has 1 saturated heterocycles. The van der Waals surface area contributed by atoms with E-state index in [1.807, 2.05) is 0 Å². The van der Waals surface area contributed by atoms with Crippen LogP contribution in [0.2, 0.25) is 0 Å². The molecule has 0 bridgehead atoms. The van der Waals surface area contributed by atoms with Crippen LogP contribution < -0.4 is 10.2 Å². The molecule has 11 nitrogen and oxygen atoms in total. The first kappa shape index (κ1) is 20.8. The van der Waals surface area contributed by atoms with E-state index in [-0.39, 0.29) is 39.5 Å². The van der Waals surface area contributed by atoms with E-state index in [0.29, 0.717) is 0 Å². The van der Waals surface area contributed by atoms with Crippen LogP contribution in [-0.2, 0) is 4.74 Å². The third-order valence-corrected chi connectivity index (χ3v) is 4.90. The fourth-order valence-electron chi connectivity index (χ4n) is 3.31. The van der Waals surface area contributed by atoms with E-state index in [1.54, 1.807) is 0 Å². The second-order valence-electron chi connectivity index (χ2n) is 6.95. The SMILES string of the molecule is O=c1c(O)c(-c2ccc(O)c(O[C@@H]3O[C@@H](CO)[C@H](O)[C@H]3O)c2)oc2cc(O)cc(O)c12. The van der Waals surface area contributed by atoms with Gasteiger partial charge in [-0.3, -0.25) is 4.79 Å². The predicted molar refractivity (Wildman–Crippen MR) is 103 cm³/mol. The number of ether oxygens (including phenoxy) is 2. The molecule has 3 aromatic rings. The minimum Gasteiger partial charge on any atom is -0.508 e. The first-order valence-electron chi connectivity index (χ1n) is 9.05. The van der Waals surface area contributed by atoms with Crippen molar-refractivity contribution in [2.75, 3.05) is 6.61 Å². The Balaban J connectivity index is 1.76. The van der Waals surface area contributed by atoms with E-state index in [0.717, 1.165) is 18.2 Å². The van der Waals surface area contributed by atoms with Crippen LogP contribution in [-0.4, -0.2) is 67.0 Å². The molecule has 1 aliphatic rings. The Bertz CT molecular complexity index is 1200.